The van der Waals surface area contributed by atoms with Crippen LogP contribution in [0.1, 0.15) is 26.2 Å². The molecular weight excluding hydrogens is 240 g/mol. The summed E-state index contributed by atoms with van der Waals surface area (Å²) in [5, 5.41) is 3.22. The molecule has 2 heterocycles. The van der Waals surface area contributed by atoms with Gasteiger partial charge < -0.3 is 10.2 Å². The lowest BCUT2D eigenvalue weighted by atomic mass is 10.0. The van der Waals surface area contributed by atoms with Crippen LogP contribution in [-0.2, 0) is 14.6 Å². The molecule has 0 saturated carbocycles. The quantitative estimate of drug-likeness (QED) is 0.707. The van der Waals surface area contributed by atoms with Crippen LogP contribution in [0.3, 0.4) is 0 Å². The van der Waals surface area contributed by atoms with Crippen molar-refractivity contribution in [2.45, 2.75) is 38.3 Å². The van der Waals surface area contributed by atoms with Crippen LogP contribution in [-0.4, -0.2) is 55.9 Å². The van der Waals surface area contributed by atoms with Crippen molar-refractivity contribution in [3.05, 3.63) is 0 Å². The fourth-order valence-electron chi connectivity index (χ4n) is 2.59. The van der Waals surface area contributed by atoms with Gasteiger partial charge in [0.25, 0.3) is 0 Å². The highest BCUT2D eigenvalue weighted by atomic mass is 32.2. The van der Waals surface area contributed by atoms with Gasteiger partial charge in [-0.1, -0.05) is 6.42 Å². The zero-order valence-electron chi connectivity index (χ0n) is 10.2. The molecule has 98 valence electrons. The van der Waals surface area contributed by atoms with Gasteiger partial charge in [-0.15, -0.1) is 0 Å². The summed E-state index contributed by atoms with van der Waals surface area (Å²) in [6.07, 6.45) is 3.06. The summed E-state index contributed by atoms with van der Waals surface area (Å²) in [6.45, 7) is 3.05. The molecule has 2 fully saturated rings. The summed E-state index contributed by atoms with van der Waals surface area (Å²) in [4.78, 5) is 14.0. The first-order valence-corrected chi connectivity index (χ1v) is 8.06. The molecule has 2 atom stereocenters. The van der Waals surface area contributed by atoms with Gasteiger partial charge in [0.2, 0.25) is 5.91 Å². The number of carbonyl (C=O) groups is 1. The van der Waals surface area contributed by atoms with Crippen molar-refractivity contribution in [2.75, 3.05) is 24.6 Å². The van der Waals surface area contributed by atoms with Crippen molar-refractivity contribution < 1.29 is 13.2 Å². The second-order valence-corrected chi connectivity index (χ2v) is 7.23. The molecule has 1 amide bonds. The highest BCUT2D eigenvalue weighted by Gasteiger charge is 2.34. The van der Waals surface area contributed by atoms with E-state index in [0.29, 0.717) is 6.54 Å². The van der Waals surface area contributed by atoms with E-state index >= 15 is 0 Å². The maximum Gasteiger partial charge on any atom is 0.240 e. The monoisotopic (exact) mass is 260 g/mol. The first-order valence-electron chi connectivity index (χ1n) is 6.24. The summed E-state index contributed by atoms with van der Waals surface area (Å²) < 4.78 is 22.9. The zero-order valence-corrected chi connectivity index (χ0v) is 11.0. The standard InChI is InChI=1S/C11H20N2O3S/c1-9-8-17(15,16)7-6-13(9)11(14)10-4-2-3-5-12-10/h9-10,12H,2-8H2,1H3. The Morgan fingerprint density at radius 2 is 2.12 bits per heavy atom. The average molecular weight is 260 g/mol. The van der Waals surface area contributed by atoms with Crippen molar-refractivity contribution in [3.8, 4) is 0 Å². The van der Waals surface area contributed by atoms with E-state index in [-0.39, 0.29) is 29.5 Å². The minimum Gasteiger partial charge on any atom is -0.337 e. The first kappa shape index (κ1) is 12.8. The van der Waals surface area contributed by atoms with Gasteiger partial charge in [0, 0.05) is 12.6 Å². The van der Waals surface area contributed by atoms with E-state index in [1.165, 1.54) is 0 Å². The minimum absolute atomic E-state index is 0.0760. The summed E-state index contributed by atoms with van der Waals surface area (Å²) in [6, 6.07) is -0.294. The fraction of sp³-hybridized carbons (Fsp3) is 0.909. The largest absolute Gasteiger partial charge is 0.337 e. The highest BCUT2D eigenvalue weighted by molar-refractivity contribution is 7.91. The summed E-state index contributed by atoms with van der Waals surface area (Å²) in [7, 11) is -2.94. The Kier molecular flexibility index (Phi) is 3.73. The minimum atomic E-state index is -2.94. The predicted octanol–water partition coefficient (Wildman–Crippen LogP) is -0.226. The zero-order chi connectivity index (χ0) is 12.5. The number of sulfone groups is 1. The van der Waals surface area contributed by atoms with Crippen LogP contribution in [0.4, 0.5) is 0 Å². The van der Waals surface area contributed by atoms with E-state index in [0.717, 1.165) is 25.8 Å². The molecule has 0 aromatic carbocycles. The highest BCUT2D eigenvalue weighted by Crippen LogP contribution is 2.16. The molecule has 2 unspecified atom stereocenters. The number of amides is 1. The third kappa shape index (κ3) is 2.98. The SMILES string of the molecule is CC1CS(=O)(=O)CCN1C(=O)C1CCCCN1. The summed E-state index contributed by atoms with van der Waals surface area (Å²) >= 11 is 0. The molecule has 2 aliphatic heterocycles. The fourth-order valence-corrected chi connectivity index (χ4v) is 4.15. The van der Waals surface area contributed by atoms with Gasteiger partial charge in [0.05, 0.1) is 17.5 Å². The molecule has 0 bridgehead atoms. The van der Waals surface area contributed by atoms with Crippen molar-refractivity contribution in [1.82, 2.24) is 10.2 Å². The van der Waals surface area contributed by atoms with Gasteiger partial charge in [-0.05, 0) is 26.3 Å². The Morgan fingerprint density at radius 3 is 2.71 bits per heavy atom. The van der Waals surface area contributed by atoms with E-state index < -0.39 is 9.84 Å². The molecule has 2 saturated heterocycles. The van der Waals surface area contributed by atoms with Crippen LogP contribution < -0.4 is 5.32 Å². The first-order chi connectivity index (χ1) is 7.99. The number of hydrogen-bond acceptors (Lipinski definition) is 4. The molecule has 6 heteroatoms. The van der Waals surface area contributed by atoms with E-state index in [4.69, 9.17) is 0 Å². The van der Waals surface area contributed by atoms with Crippen molar-refractivity contribution in [3.63, 3.8) is 0 Å². The van der Waals surface area contributed by atoms with Crippen LogP contribution in [0.5, 0.6) is 0 Å². The Morgan fingerprint density at radius 1 is 1.35 bits per heavy atom. The molecule has 2 rings (SSSR count). The van der Waals surface area contributed by atoms with E-state index in [1.54, 1.807) is 4.90 Å². The van der Waals surface area contributed by atoms with Gasteiger partial charge in [-0.3, -0.25) is 4.79 Å². The molecule has 2 aliphatic rings. The number of carbonyl (C=O) groups excluding carboxylic acids is 1. The second kappa shape index (κ2) is 4.94. The maximum absolute atomic E-state index is 12.2. The third-order valence-electron chi connectivity index (χ3n) is 3.56. The maximum atomic E-state index is 12.2. The van der Waals surface area contributed by atoms with Crippen LogP contribution in [0.25, 0.3) is 0 Å². The Hall–Kier alpha value is -0.620. The summed E-state index contributed by atoms with van der Waals surface area (Å²) in [5.41, 5.74) is 0. The van der Waals surface area contributed by atoms with E-state index in [2.05, 4.69) is 5.32 Å². The van der Waals surface area contributed by atoms with Crippen LogP contribution in [0.2, 0.25) is 0 Å². The van der Waals surface area contributed by atoms with E-state index in [1.807, 2.05) is 6.92 Å². The second-order valence-electron chi connectivity index (χ2n) is 5.00. The van der Waals surface area contributed by atoms with Crippen molar-refractivity contribution >= 4 is 15.7 Å². The molecule has 0 aromatic heterocycles. The third-order valence-corrected chi connectivity index (χ3v) is 5.36. The number of nitrogens with one attached hydrogen (secondary N) is 1. The summed E-state index contributed by atoms with van der Waals surface area (Å²) in [5.74, 6) is 0.286. The van der Waals surface area contributed by atoms with Gasteiger partial charge in [0.1, 0.15) is 0 Å². The van der Waals surface area contributed by atoms with Gasteiger partial charge in [-0.25, -0.2) is 8.42 Å². The lowest BCUT2D eigenvalue weighted by molar-refractivity contribution is -0.135. The molecule has 0 spiro atoms. The molecular formula is C11H20N2O3S. The Bertz CT molecular complexity index is 388. The van der Waals surface area contributed by atoms with Gasteiger partial charge in [0.15, 0.2) is 9.84 Å². The molecule has 0 radical (unpaired) electrons. The lowest BCUT2D eigenvalue weighted by Crippen LogP contribution is -2.56. The van der Waals surface area contributed by atoms with Crippen LogP contribution >= 0.6 is 0 Å². The van der Waals surface area contributed by atoms with E-state index in [9.17, 15) is 13.2 Å². The normalized spacial score (nSPS) is 33.4. The van der Waals surface area contributed by atoms with Crippen LogP contribution in [0, 0.1) is 0 Å². The van der Waals surface area contributed by atoms with Crippen molar-refractivity contribution in [1.29, 1.82) is 0 Å². The van der Waals surface area contributed by atoms with Gasteiger partial charge in [-0.2, -0.15) is 0 Å². The molecule has 1 N–H and O–H groups in total. The predicted molar refractivity (Wildman–Crippen MR) is 65.5 cm³/mol. The molecule has 5 nitrogen and oxygen atoms in total. The Balaban J connectivity index is 2.00. The Labute approximate surface area is 102 Å². The van der Waals surface area contributed by atoms with Crippen LogP contribution in [0.15, 0.2) is 0 Å². The molecule has 0 aromatic rings. The lowest BCUT2D eigenvalue weighted by Gasteiger charge is -2.36. The average Bonchev–Trinajstić information content (AvgIpc) is 2.28. The van der Waals surface area contributed by atoms with Gasteiger partial charge >= 0.3 is 0 Å². The number of nitrogens with zero attached hydrogens (tertiary/aromatic N) is 1. The smallest absolute Gasteiger partial charge is 0.240 e. The number of hydrogen-bond donors (Lipinski definition) is 1. The number of piperidine rings is 1. The topological polar surface area (TPSA) is 66.5 Å². The molecule has 0 aliphatic carbocycles. The van der Waals surface area contributed by atoms with Crippen molar-refractivity contribution in [2.24, 2.45) is 0 Å². The molecule has 17 heavy (non-hydrogen) atoms. The number of rotatable bonds is 1.